The zero-order valence-corrected chi connectivity index (χ0v) is 7.40. The fourth-order valence-corrected chi connectivity index (χ4v) is 1.15. The third-order valence-electron chi connectivity index (χ3n) is 1.33. The van der Waals surface area contributed by atoms with Crippen molar-refractivity contribution < 1.29 is 0 Å². The molecule has 60 valence electrons. The van der Waals surface area contributed by atoms with Gasteiger partial charge in [0.1, 0.15) is 0 Å². The molecular formula is C8H16ClN. The van der Waals surface area contributed by atoms with E-state index in [1.54, 1.807) is 0 Å². The standard InChI is InChI=1S/C8H16ClN/c1-3-6-10(7-4-2)8-5-9/h3H,1,4-8H2,2H3. The van der Waals surface area contributed by atoms with Crippen molar-refractivity contribution in [2.24, 2.45) is 0 Å². The van der Waals surface area contributed by atoms with Crippen molar-refractivity contribution in [1.29, 1.82) is 0 Å². The van der Waals surface area contributed by atoms with Crippen molar-refractivity contribution >= 4 is 11.6 Å². The quantitative estimate of drug-likeness (QED) is 0.426. The normalized spacial score (nSPS) is 10.3. The van der Waals surface area contributed by atoms with Crippen LogP contribution in [0.5, 0.6) is 0 Å². The summed E-state index contributed by atoms with van der Waals surface area (Å²) in [5, 5.41) is 0. The van der Waals surface area contributed by atoms with Gasteiger partial charge in [0, 0.05) is 19.0 Å². The van der Waals surface area contributed by atoms with Gasteiger partial charge in [-0.1, -0.05) is 13.0 Å². The molecular weight excluding hydrogens is 146 g/mol. The Morgan fingerprint density at radius 1 is 1.50 bits per heavy atom. The number of alkyl halides is 1. The molecule has 0 aromatic rings. The van der Waals surface area contributed by atoms with E-state index in [0.29, 0.717) is 5.88 Å². The molecule has 0 spiro atoms. The van der Waals surface area contributed by atoms with E-state index < -0.39 is 0 Å². The molecule has 0 atom stereocenters. The Morgan fingerprint density at radius 2 is 2.20 bits per heavy atom. The van der Waals surface area contributed by atoms with Gasteiger partial charge < -0.3 is 0 Å². The van der Waals surface area contributed by atoms with Crippen LogP contribution in [0.15, 0.2) is 12.7 Å². The minimum absolute atomic E-state index is 0.716. The Bertz CT molecular complexity index is 77.3. The van der Waals surface area contributed by atoms with Crippen molar-refractivity contribution in [1.82, 2.24) is 4.90 Å². The molecule has 1 nitrogen and oxygen atoms in total. The molecule has 0 fully saturated rings. The molecule has 0 aliphatic carbocycles. The highest BCUT2D eigenvalue weighted by Crippen LogP contribution is 1.91. The lowest BCUT2D eigenvalue weighted by Crippen LogP contribution is -2.26. The zero-order valence-electron chi connectivity index (χ0n) is 6.65. The molecule has 0 unspecified atom stereocenters. The molecule has 10 heavy (non-hydrogen) atoms. The molecule has 0 aliphatic heterocycles. The number of hydrogen-bond acceptors (Lipinski definition) is 1. The van der Waals surface area contributed by atoms with Gasteiger partial charge in [0.2, 0.25) is 0 Å². The largest absolute Gasteiger partial charge is 0.299 e. The van der Waals surface area contributed by atoms with Crippen molar-refractivity contribution in [3.05, 3.63) is 12.7 Å². The average Bonchev–Trinajstić information content (AvgIpc) is 1.90. The molecule has 0 saturated carbocycles. The second-order valence-electron chi connectivity index (χ2n) is 2.28. The summed E-state index contributed by atoms with van der Waals surface area (Å²) in [6.45, 7) is 8.91. The lowest BCUT2D eigenvalue weighted by atomic mass is 10.4. The van der Waals surface area contributed by atoms with Crippen LogP contribution in [0.3, 0.4) is 0 Å². The molecule has 0 rings (SSSR count). The van der Waals surface area contributed by atoms with E-state index in [9.17, 15) is 0 Å². The summed E-state index contributed by atoms with van der Waals surface area (Å²) in [5.74, 6) is 0.716. The number of rotatable bonds is 6. The number of halogens is 1. The summed E-state index contributed by atoms with van der Waals surface area (Å²) in [6.07, 6.45) is 3.10. The fraction of sp³-hybridized carbons (Fsp3) is 0.750. The lowest BCUT2D eigenvalue weighted by Gasteiger charge is -2.17. The predicted octanol–water partition coefficient (Wildman–Crippen LogP) is 2.12. The van der Waals surface area contributed by atoms with E-state index in [1.165, 1.54) is 6.42 Å². The second kappa shape index (κ2) is 7.10. The van der Waals surface area contributed by atoms with E-state index >= 15 is 0 Å². The van der Waals surface area contributed by atoms with Crippen LogP contribution in [0, 0.1) is 0 Å². The van der Waals surface area contributed by atoms with Gasteiger partial charge in [-0.15, -0.1) is 18.2 Å². The average molecular weight is 162 g/mol. The molecule has 0 aromatic carbocycles. The Labute approximate surface area is 68.7 Å². The maximum absolute atomic E-state index is 5.59. The van der Waals surface area contributed by atoms with Gasteiger partial charge in [0.25, 0.3) is 0 Å². The topological polar surface area (TPSA) is 3.24 Å². The van der Waals surface area contributed by atoms with E-state index in [0.717, 1.165) is 19.6 Å². The van der Waals surface area contributed by atoms with Gasteiger partial charge in [0.05, 0.1) is 0 Å². The van der Waals surface area contributed by atoms with Gasteiger partial charge in [-0.25, -0.2) is 0 Å². The Kier molecular flexibility index (Phi) is 7.09. The summed E-state index contributed by atoms with van der Waals surface area (Å²) in [6, 6.07) is 0. The molecule has 0 radical (unpaired) electrons. The second-order valence-corrected chi connectivity index (χ2v) is 2.66. The first-order valence-corrected chi connectivity index (χ1v) is 4.27. The first kappa shape index (κ1) is 9.99. The highest BCUT2D eigenvalue weighted by Gasteiger charge is 1.97. The molecule has 0 aliphatic rings. The van der Waals surface area contributed by atoms with Crippen LogP contribution in [0.2, 0.25) is 0 Å². The third kappa shape index (κ3) is 4.83. The molecule has 2 heteroatoms. The summed E-state index contributed by atoms with van der Waals surface area (Å²) in [5.41, 5.74) is 0. The first-order chi connectivity index (χ1) is 4.85. The summed E-state index contributed by atoms with van der Waals surface area (Å²) in [4.78, 5) is 2.29. The van der Waals surface area contributed by atoms with Crippen molar-refractivity contribution in [3.63, 3.8) is 0 Å². The Morgan fingerprint density at radius 3 is 2.60 bits per heavy atom. The van der Waals surface area contributed by atoms with E-state index in [2.05, 4.69) is 18.4 Å². The highest BCUT2D eigenvalue weighted by atomic mass is 35.5. The highest BCUT2D eigenvalue weighted by molar-refractivity contribution is 6.18. The summed E-state index contributed by atoms with van der Waals surface area (Å²) < 4.78 is 0. The van der Waals surface area contributed by atoms with Gasteiger partial charge >= 0.3 is 0 Å². The number of hydrogen-bond donors (Lipinski definition) is 0. The third-order valence-corrected chi connectivity index (χ3v) is 1.50. The molecule has 0 heterocycles. The lowest BCUT2D eigenvalue weighted by molar-refractivity contribution is 0.322. The van der Waals surface area contributed by atoms with Crippen LogP contribution in [0.25, 0.3) is 0 Å². The van der Waals surface area contributed by atoms with E-state index in [4.69, 9.17) is 11.6 Å². The SMILES string of the molecule is C=CCN(CCC)CCCl. The van der Waals surface area contributed by atoms with Gasteiger partial charge in [-0.05, 0) is 13.0 Å². The van der Waals surface area contributed by atoms with Crippen molar-refractivity contribution in [2.75, 3.05) is 25.5 Å². The van der Waals surface area contributed by atoms with Crippen molar-refractivity contribution in [3.8, 4) is 0 Å². The monoisotopic (exact) mass is 161 g/mol. The minimum atomic E-state index is 0.716. The first-order valence-electron chi connectivity index (χ1n) is 3.74. The molecule has 0 N–H and O–H groups in total. The molecule has 0 amide bonds. The van der Waals surface area contributed by atoms with Crippen LogP contribution in [-0.4, -0.2) is 30.4 Å². The van der Waals surface area contributed by atoms with Crippen LogP contribution >= 0.6 is 11.6 Å². The van der Waals surface area contributed by atoms with E-state index in [1.807, 2.05) is 6.08 Å². The summed E-state index contributed by atoms with van der Waals surface area (Å²) in [7, 11) is 0. The fourth-order valence-electron chi connectivity index (χ4n) is 0.913. The minimum Gasteiger partial charge on any atom is -0.299 e. The zero-order chi connectivity index (χ0) is 7.82. The van der Waals surface area contributed by atoms with Gasteiger partial charge in [-0.3, -0.25) is 4.90 Å². The van der Waals surface area contributed by atoms with Crippen LogP contribution in [0.1, 0.15) is 13.3 Å². The Balaban J connectivity index is 3.38. The maximum atomic E-state index is 5.59. The van der Waals surface area contributed by atoms with Crippen LogP contribution in [-0.2, 0) is 0 Å². The Hall–Kier alpha value is -0.0100. The predicted molar refractivity (Wildman–Crippen MR) is 47.6 cm³/mol. The smallest absolute Gasteiger partial charge is 0.0351 e. The van der Waals surface area contributed by atoms with Gasteiger partial charge in [0.15, 0.2) is 0 Å². The van der Waals surface area contributed by atoms with Crippen LogP contribution in [0.4, 0.5) is 0 Å². The molecule has 0 aromatic heterocycles. The number of nitrogens with zero attached hydrogens (tertiary/aromatic N) is 1. The van der Waals surface area contributed by atoms with Crippen LogP contribution < -0.4 is 0 Å². The molecule has 0 saturated heterocycles. The summed E-state index contributed by atoms with van der Waals surface area (Å²) >= 11 is 5.59. The molecule has 0 bridgehead atoms. The van der Waals surface area contributed by atoms with Crippen molar-refractivity contribution in [2.45, 2.75) is 13.3 Å². The van der Waals surface area contributed by atoms with E-state index in [-0.39, 0.29) is 0 Å². The van der Waals surface area contributed by atoms with Gasteiger partial charge in [-0.2, -0.15) is 0 Å². The maximum Gasteiger partial charge on any atom is 0.0351 e.